The van der Waals surface area contributed by atoms with E-state index in [-0.39, 0.29) is 11.8 Å². The second kappa shape index (κ2) is 5.62. The van der Waals surface area contributed by atoms with Crippen molar-refractivity contribution in [2.24, 2.45) is 0 Å². The van der Waals surface area contributed by atoms with Crippen molar-refractivity contribution in [1.82, 2.24) is 4.98 Å². The first kappa shape index (κ1) is 13.7. The van der Waals surface area contributed by atoms with E-state index in [0.717, 1.165) is 22.2 Å². The predicted molar refractivity (Wildman–Crippen MR) is 86.9 cm³/mol. The van der Waals surface area contributed by atoms with Gasteiger partial charge in [0, 0.05) is 22.2 Å². The molecule has 3 nitrogen and oxygen atoms in total. The second-order valence-corrected chi connectivity index (χ2v) is 5.39. The summed E-state index contributed by atoms with van der Waals surface area (Å²) in [5.41, 5.74) is 2.56. The van der Waals surface area contributed by atoms with E-state index in [0.29, 0.717) is 5.02 Å². The number of halogens is 1. The molecule has 0 saturated heterocycles. The topological polar surface area (TPSA) is 45.2 Å². The molecule has 1 unspecified atom stereocenters. The summed E-state index contributed by atoms with van der Waals surface area (Å²) in [6.07, 6.45) is 1.76. The fourth-order valence-electron chi connectivity index (χ4n) is 2.43. The standard InChI is InChI=1S/C17H15ClN2O/c1-11(14-6-2-3-7-16(14)21)20-15-10-13(18)9-12-5-4-8-19-17(12)15/h2-11,20-21H,1H3. The summed E-state index contributed by atoms with van der Waals surface area (Å²) in [6, 6.07) is 14.8. The van der Waals surface area contributed by atoms with Crippen molar-refractivity contribution in [1.29, 1.82) is 0 Å². The number of rotatable bonds is 3. The van der Waals surface area contributed by atoms with E-state index in [1.807, 2.05) is 49.4 Å². The van der Waals surface area contributed by atoms with Crippen LogP contribution in [0.4, 0.5) is 5.69 Å². The smallest absolute Gasteiger partial charge is 0.120 e. The first-order valence-corrected chi connectivity index (χ1v) is 7.11. The van der Waals surface area contributed by atoms with Gasteiger partial charge in [0.25, 0.3) is 0 Å². The Bertz CT molecular complexity index is 789. The largest absolute Gasteiger partial charge is 0.508 e. The Morgan fingerprint density at radius 3 is 2.76 bits per heavy atom. The molecule has 0 aliphatic heterocycles. The molecule has 2 aromatic carbocycles. The maximum Gasteiger partial charge on any atom is 0.120 e. The number of anilines is 1. The minimum Gasteiger partial charge on any atom is -0.508 e. The van der Waals surface area contributed by atoms with Crippen molar-refractivity contribution in [3.8, 4) is 5.75 Å². The van der Waals surface area contributed by atoms with Gasteiger partial charge in [0.05, 0.1) is 17.2 Å². The second-order valence-electron chi connectivity index (χ2n) is 4.95. The molecule has 3 rings (SSSR count). The first-order chi connectivity index (χ1) is 10.1. The SMILES string of the molecule is CC(Nc1cc(Cl)cc2cccnc12)c1ccccc1O. The van der Waals surface area contributed by atoms with Crippen molar-refractivity contribution in [3.05, 3.63) is 65.3 Å². The van der Waals surface area contributed by atoms with E-state index in [9.17, 15) is 5.11 Å². The Morgan fingerprint density at radius 2 is 1.95 bits per heavy atom. The summed E-state index contributed by atoms with van der Waals surface area (Å²) in [5.74, 6) is 0.275. The minimum absolute atomic E-state index is 0.0603. The van der Waals surface area contributed by atoms with Crippen molar-refractivity contribution < 1.29 is 5.11 Å². The van der Waals surface area contributed by atoms with E-state index in [2.05, 4.69) is 10.3 Å². The Kier molecular flexibility index (Phi) is 3.67. The van der Waals surface area contributed by atoms with Gasteiger partial charge in [0.2, 0.25) is 0 Å². The molecule has 0 saturated carbocycles. The molecular weight excluding hydrogens is 284 g/mol. The van der Waals surface area contributed by atoms with Crippen LogP contribution in [0.15, 0.2) is 54.7 Å². The van der Waals surface area contributed by atoms with Crippen LogP contribution in [0.5, 0.6) is 5.75 Å². The quantitative estimate of drug-likeness (QED) is 0.732. The number of para-hydroxylation sites is 1. The van der Waals surface area contributed by atoms with Crippen LogP contribution in [0.1, 0.15) is 18.5 Å². The lowest BCUT2D eigenvalue weighted by atomic mass is 10.1. The van der Waals surface area contributed by atoms with Gasteiger partial charge in [0.15, 0.2) is 0 Å². The Labute approximate surface area is 128 Å². The number of aromatic nitrogens is 1. The lowest BCUT2D eigenvalue weighted by molar-refractivity contribution is 0.465. The molecule has 0 radical (unpaired) electrons. The van der Waals surface area contributed by atoms with Gasteiger partial charge in [-0.2, -0.15) is 0 Å². The van der Waals surface area contributed by atoms with Gasteiger partial charge in [-0.15, -0.1) is 0 Å². The Balaban J connectivity index is 2.00. The molecule has 0 bridgehead atoms. The summed E-state index contributed by atoms with van der Waals surface area (Å²) in [6.45, 7) is 1.99. The zero-order valence-electron chi connectivity index (χ0n) is 11.5. The molecular formula is C17H15ClN2O. The number of nitrogens with one attached hydrogen (secondary N) is 1. The molecule has 0 aliphatic carbocycles. The van der Waals surface area contributed by atoms with E-state index in [4.69, 9.17) is 11.6 Å². The van der Waals surface area contributed by atoms with Crippen LogP contribution in [-0.4, -0.2) is 10.1 Å². The third kappa shape index (κ3) is 2.78. The van der Waals surface area contributed by atoms with Gasteiger partial charge < -0.3 is 10.4 Å². The van der Waals surface area contributed by atoms with Gasteiger partial charge in [-0.1, -0.05) is 35.9 Å². The molecule has 1 atom stereocenters. The van der Waals surface area contributed by atoms with Gasteiger partial charge in [-0.05, 0) is 31.2 Å². The normalized spacial score (nSPS) is 12.3. The molecule has 1 heterocycles. The average molecular weight is 299 g/mol. The summed E-state index contributed by atoms with van der Waals surface area (Å²) < 4.78 is 0. The highest BCUT2D eigenvalue weighted by molar-refractivity contribution is 6.31. The fraction of sp³-hybridized carbons (Fsp3) is 0.118. The molecule has 0 fully saturated rings. The predicted octanol–water partition coefficient (Wildman–Crippen LogP) is 4.77. The van der Waals surface area contributed by atoms with E-state index < -0.39 is 0 Å². The zero-order chi connectivity index (χ0) is 14.8. The molecule has 0 spiro atoms. The maximum absolute atomic E-state index is 9.95. The summed E-state index contributed by atoms with van der Waals surface area (Å²) >= 11 is 6.17. The van der Waals surface area contributed by atoms with E-state index in [1.165, 1.54) is 0 Å². The number of hydrogen-bond acceptors (Lipinski definition) is 3. The molecule has 0 amide bonds. The summed E-state index contributed by atoms with van der Waals surface area (Å²) in [7, 11) is 0. The van der Waals surface area contributed by atoms with E-state index in [1.54, 1.807) is 12.3 Å². The van der Waals surface area contributed by atoms with Crippen LogP contribution >= 0.6 is 11.6 Å². The number of hydrogen-bond donors (Lipinski definition) is 2. The van der Waals surface area contributed by atoms with Crippen LogP contribution in [0.25, 0.3) is 10.9 Å². The van der Waals surface area contributed by atoms with Crippen LogP contribution in [-0.2, 0) is 0 Å². The molecule has 0 aliphatic rings. The molecule has 21 heavy (non-hydrogen) atoms. The highest BCUT2D eigenvalue weighted by Crippen LogP contribution is 2.31. The number of phenols is 1. The average Bonchev–Trinajstić information content (AvgIpc) is 2.47. The van der Waals surface area contributed by atoms with Crippen LogP contribution < -0.4 is 5.32 Å². The molecule has 3 aromatic rings. The van der Waals surface area contributed by atoms with Gasteiger partial charge >= 0.3 is 0 Å². The molecule has 4 heteroatoms. The van der Waals surface area contributed by atoms with E-state index >= 15 is 0 Å². The zero-order valence-corrected chi connectivity index (χ0v) is 12.3. The summed E-state index contributed by atoms with van der Waals surface area (Å²) in [4.78, 5) is 4.41. The highest BCUT2D eigenvalue weighted by Gasteiger charge is 2.12. The lowest BCUT2D eigenvalue weighted by Gasteiger charge is -2.18. The maximum atomic E-state index is 9.95. The molecule has 2 N–H and O–H groups in total. The van der Waals surface area contributed by atoms with Crippen molar-refractivity contribution >= 4 is 28.2 Å². The number of fused-ring (bicyclic) bond motifs is 1. The van der Waals surface area contributed by atoms with Gasteiger partial charge in [-0.3, -0.25) is 4.98 Å². The number of benzene rings is 2. The van der Waals surface area contributed by atoms with Gasteiger partial charge in [0.1, 0.15) is 5.75 Å². The van der Waals surface area contributed by atoms with Crippen molar-refractivity contribution in [2.45, 2.75) is 13.0 Å². The Hall–Kier alpha value is -2.26. The molecule has 106 valence electrons. The highest BCUT2D eigenvalue weighted by atomic mass is 35.5. The van der Waals surface area contributed by atoms with Gasteiger partial charge in [-0.25, -0.2) is 0 Å². The molecule has 1 aromatic heterocycles. The third-order valence-electron chi connectivity index (χ3n) is 3.44. The minimum atomic E-state index is -0.0603. The monoisotopic (exact) mass is 298 g/mol. The Morgan fingerprint density at radius 1 is 1.14 bits per heavy atom. The van der Waals surface area contributed by atoms with Crippen LogP contribution in [0.3, 0.4) is 0 Å². The first-order valence-electron chi connectivity index (χ1n) is 6.74. The van der Waals surface area contributed by atoms with Crippen LogP contribution in [0.2, 0.25) is 5.02 Å². The number of nitrogens with zero attached hydrogens (tertiary/aromatic N) is 1. The summed E-state index contributed by atoms with van der Waals surface area (Å²) in [5, 5.41) is 15.0. The van der Waals surface area contributed by atoms with Crippen molar-refractivity contribution in [2.75, 3.05) is 5.32 Å². The lowest BCUT2D eigenvalue weighted by Crippen LogP contribution is -2.07. The van der Waals surface area contributed by atoms with Crippen molar-refractivity contribution in [3.63, 3.8) is 0 Å². The fourth-order valence-corrected chi connectivity index (χ4v) is 2.66. The number of pyridine rings is 1. The number of aromatic hydroxyl groups is 1. The third-order valence-corrected chi connectivity index (χ3v) is 3.66. The van der Waals surface area contributed by atoms with Crippen LogP contribution in [0, 0.1) is 0 Å². The number of phenolic OH excluding ortho intramolecular Hbond substituents is 1.